The maximum absolute atomic E-state index is 12.7. The van der Waals surface area contributed by atoms with E-state index >= 15 is 0 Å². The number of hydrogen-bond donors (Lipinski definition) is 1. The maximum atomic E-state index is 12.7. The molecule has 2 rings (SSSR count). The van der Waals surface area contributed by atoms with Crippen LogP contribution in [0.5, 0.6) is 0 Å². The predicted octanol–water partition coefficient (Wildman–Crippen LogP) is 2.71. The van der Waals surface area contributed by atoms with Gasteiger partial charge in [0.1, 0.15) is 6.04 Å². The summed E-state index contributed by atoms with van der Waals surface area (Å²) >= 11 is 1.58. The molecule has 0 bridgehead atoms. The molecule has 1 aliphatic heterocycles. The van der Waals surface area contributed by atoms with E-state index in [1.54, 1.807) is 28.6 Å². The number of amides is 2. The van der Waals surface area contributed by atoms with Gasteiger partial charge in [0, 0.05) is 19.3 Å². The van der Waals surface area contributed by atoms with Crippen molar-refractivity contribution in [2.45, 2.75) is 50.9 Å². The quantitative estimate of drug-likeness (QED) is 0.867. The highest BCUT2D eigenvalue weighted by Crippen LogP contribution is 2.35. The summed E-state index contributed by atoms with van der Waals surface area (Å²) in [5, 5.41) is 9.34. The van der Waals surface area contributed by atoms with Crippen LogP contribution in [0.25, 0.3) is 0 Å². The van der Waals surface area contributed by atoms with Gasteiger partial charge in [0.05, 0.1) is 5.37 Å². The summed E-state index contributed by atoms with van der Waals surface area (Å²) in [7, 11) is 1.81. The Hall–Kier alpha value is -0.910. The topological polar surface area (TPSA) is 60.9 Å². The molecule has 120 valence electrons. The third-order valence-corrected chi connectivity index (χ3v) is 6.07. The van der Waals surface area contributed by atoms with Gasteiger partial charge in [0.2, 0.25) is 0 Å². The van der Waals surface area contributed by atoms with E-state index in [1.165, 1.54) is 25.7 Å². The smallest absolute Gasteiger partial charge is 0.327 e. The average Bonchev–Trinajstić information content (AvgIpc) is 3.05. The van der Waals surface area contributed by atoms with Crippen LogP contribution < -0.4 is 0 Å². The van der Waals surface area contributed by atoms with Crippen LogP contribution in [0.3, 0.4) is 0 Å². The first kappa shape index (κ1) is 16.5. The molecule has 0 spiro atoms. The van der Waals surface area contributed by atoms with Crippen molar-refractivity contribution < 1.29 is 14.7 Å². The second-order valence-corrected chi connectivity index (χ2v) is 7.69. The molecule has 2 amide bonds. The Morgan fingerprint density at radius 2 is 1.95 bits per heavy atom. The van der Waals surface area contributed by atoms with Gasteiger partial charge in [-0.05, 0) is 24.7 Å². The van der Waals surface area contributed by atoms with Crippen molar-refractivity contribution in [2.24, 2.45) is 11.8 Å². The lowest BCUT2D eigenvalue weighted by Gasteiger charge is -2.34. The standard InChI is InChI=1S/C15H26N2O3S/c1-10(2)13-17(12(9-21-13)14(18)19)15(20)16(3)8-11-6-4-5-7-11/h10-13H,4-9H2,1-3H3,(H,18,19). The van der Waals surface area contributed by atoms with E-state index in [-0.39, 0.29) is 17.3 Å². The third kappa shape index (κ3) is 3.65. The molecule has 5 nitrogen and oxygen atoms in total. The van der Waals surface area contributed by atoms with E-state index in [0.29, 0.717) is 11.7 Å². The van der Waals surface area contributed by atoms with Crippen LogP contribution in [0.2, 0.25) is 0 Å². The van der Waals surface area contributed by atoms with Gasteiger partial charge in [0.25, 0.3) is 0 Å². The molecule has 1 saturated heterocycles. The van der Waals surface area contributed by atoms with Crippen LogP contribution in [-0.2, 0) is 4.79 Å². The number of rotatable bonds is 4. The number of hydrogen-bond acceptors (Lipinski definition) is 3. The molecular formula is C15H26N2O3S. The molecule has 1 N–H and O–H groups in total. The van der Waals surface area contributed by atoms with Crippen molar-refractivity contribution in [3.05, 3.63) is 0 Å². The number of aliphatic carboxylic acids is 1. The van der Waals surface area contributed by atoms with Crippen LogP contribution in [0.4, 0.5) is 4.79 Å². The maximum Gasteiger partial charge on any atom is 0.327 e. The minimum atomic E-state index is -0.895. The van der Waals surface area contributed by atoms with Gasteiger partial charge >= 0.3 is 12.0 Å². The number of carbonyl (C=O) groups is 2. The molecule has 2 atom stereocenters. The lowest BCUT2D eigenvalue weighted by Crippen LogP contribution is -2.52. The van der Waals surface area contributed by atoms with E-state index in [2.05, 4.69) is 0 Å². The highest BCUT2D eigenvalue weighted by atomic mass is 32.2. The molecule has 0 radical (unpaired) electrons. The number of nitrogens with zero attached hydrogens (tertiary/aromatic N) is 2. The van der Waals surface area contributed by atoms with Crippen LogP contribution in [0, 0.1) is 11.8 Å². The fourth-order valence-electron chi connectivity index (χ4n) is 3.33. The number of thioether (sulfide) groups is 1. The second-order valence-electron chi connectivity index (χ2n) is 6.54. The largest absolute Gasteiger partial charge is 0.480 e. The van der Waals surface area contributed by atoms with Crippen molar-refractivity contribution in [1.29, 1.82) is 0 Å². The van der Waals surface area contributed by atoms with Gasteiger partial charge in [0.15, 0.2) is 0 Å². The summed E-state index contributed by atoms with van der Waals surface area (Å²) in [5.41, 5.74) is 0. The molecule has 1 saturated carbocycles. The number of carboxylic acids is 1. The highest BCUT2D eigenvalue weighted by Gasteiger charge is 2.44. The summed E-state index contributed by atoms with van der Waals surface area (Å²) in [6.45, 7) is 4.83. The Morgan fingerprint density at radius 3 is 2.48 bits per heavy atom. The fraction of sp³-hybridized carbons (Fsp3) is 0.867. The van der Waals surface area contributed by atoms with E-state index in [9.17, 15) is 14.7 Å². The van der Waals surface area contributed by atoms with Crippen LogP contribution >= 0.6 is 11.8 Å². The number of urea groups is 1. The van der Waals surface area contributed by atoms with Gasteiger partial charge < -0.3 is 10.0 Å². The van der Waals surface area contributed by atoms with Crippen LogP contribution in [0.1, 0.15) is 39.5 Å². The van der Waals surface area contributed by atoms with Gasteiger partial charge in [-0.25, -0.2) is 9.59 Å². The number of carbonyl (C=O) groups excluding carboxylic acids is 1. The van der Waals surface area contributed by atoms with Gasteiger partial charge in [-0.1, -0.05) is 26.7 Å². The van der Waals surface area contributed by atoms with Gasteiger partial charge in [-0.15, -0.1) is 11.8 Å². The molecule has 1 heterocycles. The van der Waals surface area contributed by atoms with Crippen molar-refractivity contribution in [1.82, 2.24) is 9.80 Å². The van der Waals surface area contributed by atoms with E-state index in [1.807, 2.05) is 13.8 Å². The molecule has 21 heavy (non-hydrogen) atoms. The molecule has 2 aliphatic rings. The Balaban J connectivity index is 2.06. The normalized spacial score (nSPS) is 26.6. The second kappa shape index (κ2) is 6.90. The first-order chi connectivity index (χ1) is 9.91. The first-order valence-corrected chi connectivity index (χ1v) is 8.84. The fourth-order valence-corrected chi connectivity index (χ4v) is 4.79. The summed E-state index contributed by atoms with van der Waals surface area (Å²) < 4.78 is 0. The molecule has 0 aromatic carbocycles. The van der Waals surface area contributed by atoms with E-state index < -0.39 is 12.0 Å². The highest BCUT2D eigenvalue weighted by molar-refractivity contribution is 8.00. The molecule has 2 unspecified atom stereocenters. The number of carboxylic acid groups (broad SMARTS) is 1. The average molecular weight is 314 g/mol. The molecule has 1 aliphatic carbocycles. The van der Waals surface area contributed by atoms with Gasteiger partial charge in [-0.2, -0.15) is 0 Å². The van der Waals surface area contributed by atoms with Crippen LogP contribution in [0.15, 0.2) is 0 Å². The first-order valence-electron chi connectivity index (χ1n) is 7.79. The SMILES string of the molecule is CC(C)C1SCC(C(=O)O)N1C(=O)N(C)CC1CCCC1. The third-order valence-electron chi connectivity index (χ3n) is 4.44. The van der Waals surface area contributed by atoms with Crippen LogP contribution in [-0.4, -0.2) is 57.7 Å². The summed E-state index contributed by atoms with van der Waals surface area (Å²) in [5.74, 6) is 0.424. The summed E-state index contributed by atoms with van der Waals surface area (Å²) in [6.07, 6.45) is 4.86. The molecular weight excluding hydrogens is 288 g/mol. The predicted molar refractivity (Wildman–Crippen MR) is 84.3 cm³/mol. The lowest BCUT2D eigenvalue weighted by atomic mass is 10.1. The Bertz CT molecular complexity index is 396. The van der Waals surface area contributed by atoms with E-state index in [4.69, 9.17) is 0 Å². The Labute approximate surface area is 131 Å². The Kier molecular flexibility index (Phi) is 5.41. The molecule has 6 heteroatoms. The monoisotopic (exact) mass is 314 g/mol. The summed E-state index contributed by atoms with van der Waals surface area (Å²) in [6, 6.07) is -0.820. The zero-order valence-electron chi connectivity index (χ0n) is 13.1. The van der Waals surface area contributed by atoms with Crippen molar-refractivity contribution in [3.8, 4) is 0 Å². The zero-order valence-corrected chi connectivity index (χ0v) is 13.9. The lowest BCUT2D eigenvalue weighted by molar-refractivity contribution is -0.141. The summed E-state index contributed by atoms with van der Waals surface area (Å²) in [4.78, 5) is 27.5. The van der Waals surface area contributed by atoms with Crippen molar-refractivity contribution >= 4 is 23.8 Å². The van der Waals surface area contributed by atoms with Gasteiger partial charge in [-0.3, -0.25) is 4.90 Å². The van der Waals surface area contributed by atoms with Crippen molar-refractivity contribution in [2.75, 3.05) is 19.3 Å². The van der Waals surface area contributed by atoms with E-state index in [0.717, 1.165) is 6.54 Å². The minimum Gasteiger partial charge on any atom is -0.480 e. The molecule has 0 aromatic rings. The molecule has 0 aromatic heterocycles. The zero-order chi connectivity index (χ0) is 15.6. The van der Waals surface area contributed by atoms with Crippen molar-refractivity contribution in [3.63, 3.8) is 0 Å². The molecule has 2 fully saturated rings. The Morgan fingerprint density at radius 1 is 1.33 bits per heavy atom. The minimum absolute atomic E-state index is 0.0374.